The number of anilines is 1. The first-order chi connectivity index (χ1) is 9.88. The van der Waals surface area contributed by atoms with Gasteiger partial charge in [0, 0.05) is 30.2 Å². The van der Waals surface area contributed by atoms with Crippen molar-refractivity contribution in [3.63, 3.8) is 0 Å². The molecule has 2 aromatic heterocycles. The summed E-state index contributed by atoms with van der Waals surface area (Å²) in [5, 5.41) is 1.21. The van der Waals surface area contributed by atoms with Crippen LogP contribution >= 0.6 is 0 Å². The van der Waals surface area contributed by atoms with Gasteiger partial charge in [-0.05, 0) is 18.6 Å². The monoisotopic (exact) mass is 266 g/mol. The zero-order valence-corrected chi connectivity index (χ0v) is 11.6. The average Bonchev–Trinajstić information content (AvgIpc) is 3.01. The number of nitrogens with zero attached hydrogens (tertiary/aromatic N) is 3. The second kappa shape index (κ2) is 4.40. The molecule has 0 aliphatic carbocycles. The molecule has 1 N–H and O–H groups in total. The molecule has 0 saturated heterocycles. The molecule has 4 heteroatoms. The maximum absolute atomic E-state index is 4.88. The highest BCUT2D eigenvalue weighted by molar-refractivity contribution is 6.04. The molecule has 0 amide bonds. The van der Waals surface area contributed by atoms with Crippen LogP contribution in [-0.2, 0) is 6.54 Å². The first kappa shape index (κ1) is 11.6. The zero-order valence-electron chi connectivity index (χ0n) is 11.6. The van der Waals surface area contributed by atoms with E-state index in [9.17, 15) is 0 Å². The number of unbranched alkanes of at least 4 members (excludes halogenated alkanes) is 1. The summed E-state index contributed by atoms with van der Waals surface area (Å²) in [5.41, 5.74) is 3.38. The van der Waals surface area contributed by atoms with E-state index in [2.05, 4.69) is 57.9 Å². The summed E-state index contributed by atoms with van der Waals surface area (Å²) < 4.78 is 2.27. The van der Waals surface area contributed by atoms with Crippen LogP contribution in [-0.4, -0.2) is 21.1 Å². The topological polar surface area (TPSA) is 36.9 Å². The Kier molecular flexibility index (Phi) is 2.55. The molecule has 1 aliphatic rings. The zero-order chi connectivity index (χ0) is 13.5. The van der Waals surface area contributed by atoms with Crippen molar-refractivity contribution in [1.82, 2.24) is 14.5 Å². The molecule has 0 saturated carbocycles. The van der Waals surface area contributed by atoms with E-state index in [0.29, 0.717) is 0 Å². The van der Waals surface area contributed by atoms with Crippen molar-refractivity contribution >= 4 is 28.0 Å². The van der Waals surface area contributed by atoms with Gasteiger partial charge in [-0.15, -0.1) is 0 Å². The fourth-order valence-corrected chi connectivity index (χ4v) is 2.92. The quantitative estimate of drug-likeness (QED) is 0.785. The van der Waals surface area contributed by atoms with Crippen LogP contribution in [0.5, 0.6) is 0 Å². The van der Waals surface area contributed by atoms with Crippen LogP contribution < -0.4 is 4.90 Å². The molecule has 0 spiro atoms. The van der Waals surface area contributed by atoms with Crippen molar-refractivity contribution in [1.29, 1.82) is 0 Å². The Morgan fingerprint density at radius 3 is 3.10 bits per heavy atom. The summed E-state index contributed by atoms with van der Waals surface area (Å²) in [4.78, 5) is 10.6. The lowest BCUT2D eigenvalue weighted by atomic mass is 10.2. The van der Waals surface area contributed by atoms with Crippen LogP contribution in [0.4, 0.5) is 5.95 Å². The van der Waals surface area contributed by atoms with Crippen LogP contribution in [0.15, 0.2) is 36.5 Å². The summed E-state index contributed by atoms with van der Waals surface area (Å²) in [5.74, 6) is 1.06. The Labute approximate surface area is 117 Å². The number of allylic oxidation sites excluding steroid dienone is 1. The highest BCUT2D eigenvalue weighted by Crippen LogP contribution is 2.30. The van der Waals surface area contributed by atoms with Gasteiger partial charge in [-0.25, -0.2) is 4.98 Å². The molecule has 0 radical (unpaired) electrons. The van der Waals surface area contributed by atoms with E-state index in [0.717, 1.165) is 35.7 Å². The molecule has 102 valence electrons. The van der Waals surface area contributed by atoms with E-state index in [4.69, 9.17) is 4.98 Å². The molecule has 4 rings (SSSR count). The van der Waals surface area contributed by atoms with Crippen LogP contribution in [0, 0.1) is 0 Å². The second-order valence-electron chi connectivity index (χ2n) is 5.32. The Balaban J connectivity index is 1.89. The van der Waals surface area contributed by atoms with Gasteiger partial charge in [-0.2, -0.15) is 0 Å². The predicted octanol–water partition coefficient (Wildman–Crippen LogP) is 3.65. The van der Waals surface area contributed by atoms with Crippen molar-refractivity contribution in [2.75, 3.05) is 11.4 Å². The molecule has 0 atom stereocenters. The van der Waals surface area contributed by atoms with Gasteiger partial charge in [0.25, 0.3) is 0 Å². The van der Waals surface area contributed by atoms with Crippen molar-refractivity contribution in [2.45, 2.75) is 26.3 Å². The van der Waals surface area contributed by atoms with E-state index < -0.39 is 0 Å². The third-order valence-corrected chi connectivity index (χ3v) is 3.97. The van der Waals surface area contributed by atoms with Crippen LogP contribution in [0.1, 0.15) is 19.8 Å². The minimum atomic E-state index is 0.890. The number of fused-ring (bicyclic) bond motifs is 5. The number of H-pyrrole nitrogens is 1. The van der Waals surface area contributed by atoms with Gasteiger partial charge in [0.05, 0.1) is 0 Å². The Hall–Kier alpha value is -2.23. The van der Waals surface area contributed by atoms with Gasteiger partial charge in [0.2, 0.25) is 5.95 Å². The highest BCUT2D eigenvalue weighted by atomic mass is 15.3. The molecular weight excluding hydrogens is 248 g/mol. The summed E-state index contributed by atoms with van der Waals surface area (Å²) in [6.45, 7) is 4.14. The van der Waals surface area contributed by atoms with Crippen molar-refractivity contribution in [3.05, 3.63) is 36.5 Å². The van der Waals surface area contributed by atoms with Crippen LogP contribution in [0.25, 0.3) is 22.1 Å². The summed E-state index contributed by atoms with van der Waals surface area (Å²) in [6.07, 6.45) is 6.76. The molecule has 0 fully saturated rings. The molecular formula is C16H18N4. The number of aromatic amines is 1. The van der Waals surface area contributed by atoms with E-state index in [1.807, 2.05) is 0 Å². The Morgan fingerprint density at radius 1 is 1.30 bits per heavy atom. The summed E-state index contributed by atoms with van der Waals surface area (Å²) in [7, 11) is 0. The van der Waals surface area contributed by atoms with E-state index >= 15 is 0 Å². The molecule has 3 heterocycles. The molecule has 0 unspecified atom stereocenters. The maximum atomic E-state index is 4.88. The fourth-order valence-electron chi connectivity index (χ4n) is 2.92. The van der Waals surface area contributed by atoms with E-state index in [1.165, 1.54) is 18.2 Å². The normalized spacial score (nSPS) is 14.3. The molecule has 3 aromatic rings. The average molecular weight is 266 g/mol. The second-order valence-corrected chi connectivity index (χ2v) is 5.32. The SMILES string of the molecule is CCCCN1C=CCn2c1nc1c3ccccc3[nH]c12. The van der Waals surface area contributed by atoms with Gasteiger partial charge in [-0.3, -0.25) is 4.57 Å². The van der Waals surface area contributed by atoms with Gasteiger partial charge in [0.1, 0.15) is 11.2 Å². The first-order valence-corrected chi connectivity index (χ1v) is 7.28. The standard InChI is InChI=1S/C16H18N4/c1-2-3-9-19-10-6-11-20-15-14(18-16(19)20)12-7-4-5-8-13(12)17-15/h4-8,10,17H,2-3,9,11H2,1H3. The molecule has 0 bridgehead atoms. The van der Waals surface area contributed by atoms with Gasteiger partial charge >= 0.3 is 0 Å². The van der Waals surface area contributed by atoms with Crippen molar-refractivity contribution in [2.24, 2.45) is 0 Å². The van der Waals surface area contributed by atoms with Gasteiger partial charge < -0.3 is 9.88 Å². The minimum absolute atomic E-state index is 0.890. The van der Waals surface area contributed by atoms with E-state index in [1.54, 1.807) is 0 Å². The molecule has 1 aromatic carbocycles. The number of hydrogen-bond acceptors (Lipinski definition) is 2. The summed E-state index contributed by atoms with van der Waals surface area (Å²) in [6, 6.07) is 8.37. The third-order valence-electron chi connectivity index (χ3n) is 3.97. The maximum Gasteiger partial charge on any atom is 0.212 e. The van der Waals surface area contributed by atoms with E-state index in [-0.39, 0.29) is 0 Å². The van der Waals surface area contributed by atoms with Gasteiger partial charge in [-0.1, -0.05) is 31.5 Å². The van der Waals surface area contributed by atoms with Gasteiger partial charge in [0.15, 0.2) is 0 Å². The smallest absolute Gasteiger partial charge is 0.212 e. The Morgan fingerprint density at radius 2 is 2.20 bits per heavy atom. The predicted molar refractivity (Wildman–Crippen MR) is 83.0 cm³/mol. The number of benzene rings is 1. The molecule has 4 nitrogen and oxygen atoms in total. The number of hydrogen-bond donors (Lipinski definition) is 1. The molecule has 20 heavy (non-hydrogen) atoms. The van der Waals surface area contributed by atoms with Crippen molar-refractivity contribution in [3.8, 4) is 0 Å². The fraction of sp³-hybridized carbons (Fsp3) is 0.312. The Bertz CT molecular complexity index is 793. The number of nitrogens with one attached hydrogen (secondary N) is 1. The van der Waals surface area contributed by atoms with Crippen molar-refractivity contribution < 1.29 is 0 Å². The summed E-state index contributed by atoms with van der Waals surface area (Å²) >= 11 is 0. The number of rotatable bonds is 3. The number of imidazole rings is 1. The van der Waals surface area contributed by atoms with Crippen LogP contribution in [0.3, 0.4) is 0 Å². The number of aromatic nitrogens is 3. The lowest BCUT2D eigenvalue weighted by Crippen LogP contribution is -2.24. The third kappa shape index (κ3) is 1.57. The lowest BCUT2D eigenvalue weighted by molar-refractivity contribution is 0.716. The molecule has 1 aliphatic heterocycles. The first-order valence-electron chi connectivity index (χ1n) is 7.28. The minimum Gasteiger partial charge on any atom is -0.339 e. The number of para-hydroxylation sites is 1. The van der Waals surface area contributed by atoms with Crippen LogP contribution in [0.2, 0.25) is 0 Å². The highest BCUT2D eigenvalue weighted by Gasteiger charge is 2.20. The largest absolute Gasteiger partial charge is 0.339 e. The lowest BCUT2D eigenvalue weighted by Gasteiger charge is -2.23.